The fraction of sp³-hybridized carbons (Fsp3) is 0.412. The second-order valence-corrected chi connectivity index (χ2v) is 5.85. The highest BCUT2D eigenvalue weighted by Crippen LogP contribution is 2.13. The average Bonchev–Trinajstić information content (AvgIpc) is 3.05. The molecule has 1 heterocycles. The predicted octanol–water partition coefficient (Wildman–Crippen LogP) is 2.08. The molecule has 2 amide bonds. The fourth-order valence-electron chi connectivity index (χ4n) is 2.48. The van der Waals surface area contributed by atoms with E-state index in [1.54, 1.807) is 19.4 Å². The zero-order valence-corrected chi connectivity index (χ0v) is 13.6. The van der Waals surface area contributed by atoms with E-state index in [1.807, 2.05) is 42.0 Å². The van der Waals surface area contributed by atoms with Crippen LogP contribution in [0.1, 0.15) is 25.8 Å². The van der Waals surface area contributed by atoms with Crippen molar-refractivity contribution in [3.05, 3.63) is 48.5 Å². The van der Waals surface area contributed by atoms with Crippen LogP contribution in [0.2, 0.25) is 0 Å². The number of aliphatic hydroxyl groups is 1. The normalized spacial score (nSPS) is 13.3. The number of carbonyl (C=O) groups is 1. The molecule has 6 nitrogen and oxygen atoms in total. The lowest BCUT2D eigenvalue weighted by Crippen LogP contribution is -2.38. The van der Waals surface area contributed by atoms with E-state index in [0.29, 0.717) is 19.5 Å². The van der Waals surface area contributed by atoms with Crippen molar-refractivity contribution in [2.45, 2.75) is 32.9 Å². The van der Waals surface area contributed by atoms with Crippen LogP contribution >= 0.6 is 0 Å². The zero-order valence-electron chi connectivity index (χ0n) is 13.6. The largest absolute Gasteiger partial charge is 0.393 e. The summed E-state index contributed by atoms with van der Waals surface area (Å²) in [6.45, 7) is 4.73. The van der Waals surface area contributed by atoms with Gasteiger partial charge in [0.15, 0.2) is 0 Å². The van der Waals surface area contributed by atoms with Gasteiger partial charge in [0.2, 0.25) is 0 Å². The minimum Gasteiger partial charge on any atom is -0.393 e. The molecular weight excluding hydrogens is 292 g/mol. The number of nitrogens with zero attached hydrogens (tertiary/aromatic N) is 2. The summed E-state index contributed by atoms with van der Waals surface area (Å²) in [4.78, 5) is 16.0. The van der Waals surface area contributed by atoms with Crippen molar-refractivity contribution in [1.82, 2.24) is 20.2 Å². The Kier molecular flexibility index (Phi) is 6.17. The Hall–Kier alpha value is -2.34. The van der Waals surface area contributed by atoms with E-state index in [0.717, 1.165) is 11.3 Å². The molecule has 0 fully saturated rings. The lowest BCUT2D eigenvalue weighted by Gasteiger charge is -2.15. The highest BCUT2D eigenvalue weighted by molar-refractivity contribution is 5.73. The average molecular weight is 316 g/mol. The summed E-state index contributed by atoms with van der Waals surface area (Å²) in [5, 5.41) is 15.0. The second-order valence-electron chi connectivity index (χ2n) is 5.85. The second kappa shape index (κ2) is 8.33. The first-order valence-corrected chi connectivity index (χ1v) is 7.82. The number of hydrogen-bond donors (Lipinski definition) is 3. The maximum absolute atomic E-state index is 11.9. The van der Waals surface area contributed by atoms with E-state index in [2.05, 4.69) is 15.6 Å². The molecule has 2 aromatic rings. The number of aliphatic hydroxyl groups excluding tert-OH is 1. The van der Waals surface area contributed by atoms with Crippen molar-refractivity contribution < 1.29 is 9.90 Å². The van der Waals surface area contributed by atoms with Gasteiger partial charge in [-0.3, -0.25) is 0 Å². The van der Waals surface area contributed by atoms with Crippen molar-refractivity contribution in [2.75, 3.05) is 6.54 Å². The summed E-state index contributed by atoms with van der Waals surface area (Å²) < 4.78 is 1.92. The van der Waals surface area contributed by atoms with Crippen LogP contribution in [-0.2, 0) is 6.54 Å². The highest BCUT2D eigenvalue weighted by atomic mass is 16.3. The van der Waals surface area contributed by atoms with Crippen LogP contribution in [0.4, 0.5) is 4.79 Å². The number of amides is 2. The first kappa shape index (κ1) is 17.0. The first-order valence-electron chi connectivity index (χ1n) is 7.82. The molecule has 2 unspecified atom stereocenters. The molecule has 124 valence electrons. The van der Waals surface area contributed by atoms with Gasteiger partial charge in [-0.05, 0) is 30.9 Å². The van der Waals surface area contributed by atoms with E-state index in [-0.39, 0.29) is 18.1 Å². The van der Waals surface area contributed by atoms with E-state index in [9.17, 15) is 9.90 Å². The Morgan fingerprint density at radius 3 is 2.78 bits per heavy atom. The smallest absolute Gasteiger partial charge is 0.315 e. The van der Waals surface area contributed by atoms with Crippen molar-refractivity contribution in [3.63, 3.8) is 0 Å². The van der Waals surface area contributed by atoms with Crippen LogP contribution in [0, 0.1) is 5.92 Å². The summed E-state index contributed by atoms with van der Waals surface area (Å²) in [6, 6.07) is 7.66. The topological polar surface area (TPSA) is 79.2 Å². The van der Waals surface area contributed by atoms with Gasteiger partial charge >= 0.3 is 6.03 Å². The van der Waals surface area contributed by atoms with Crippen molar-refractivity contribution in [1.29, 1.82) is 0 Å². The van der Waals surface area contributed by atoms with E-state index < -0.39 is 0 Å². The van der Waals surface area contributed by atoms with E-state index >= 15 is 0 Å². The number of imidazole rings is 1. The van der Waals surface area contributed by atoms with Crippen molar-refractivity contribution in [3.8, 4) is 5.69 Å². The third-order valence-corrected chi connectivity index (χ3v) is 3.57. The first-order chi connectivity index (χ1) is 11.1. The lowest BCUT2D eigenvalue weighted by molar-refractivity contribution is 0.163. The molecule has 0 aliphatic carbocycles. The minimum atomic E-state index is -0.350. The summed E-state index contributed by atoms with van der Waals surface area (Å²) in [7, 11) is 0. The Morgan fingerprint density at radius 2 is 2.09 bits per heavy atom. The number of benzene rings is 1. The quantitative estimate of drug-likeness (QED) is 0.732. The molecule has 23 heavy (non-hydrogen) atoms. The molecule has 0 aliphatic heterocycles. The molecule has 0 spiro atoms. The number of rotatable bonds is 7. The Labute approximate surface area is 136 Å². The number of nitrogens with one attached hydrogen (secondary N) is 2. The van der Waals surface area contributed by atoms with Crippen LogP contribution in [0.5, 0.6) is 0 Å². The van der Waals surface area contributed by atoms with Crippen LogP contribution < -0.4 is 10.6 Å². The molecule has 0 saturated heterocycles. The van der Waals surface area contributed by atoms with Gasteiger partial charge in [-0.25, -0.2) is 9.78 Å². The zero-order chi connectivity index (χ0) is 16.7. The van der Waals surface area contributed by atoms with Gasteiger partial charge in [-0.1, -0.05) is 25.1 Å². The van der Waals surface area contributed by atoms with Gasteiger partial charge < -0.3 is 20.3 Å². The van der Waals surface area contributed by atoms with Gasteiger partial charge in [0.25, 0.3) is 0 Å². The van der Waals surface area contributed by atoms with Gasteiger partial charge in [-0.15, -0.1) is 0 Å². The van der Waals surface area contributed by atoms with Crippen LogP contribution in [-0.4, -0.2) is 33.3 Å². The number of para-hydroxylation sites is 1. The Morgan fingerprint density at radius 1 is 1.30 bits per heavy atom. The van der Waals surface area contributed by atoms with E-state index in [1.165, 1.54) is 0 Å². The number of hydrogen-bond acceptors (Lipinski definition) is 3. The molecule has 1 aromatic heterocycles. The van der Waals surface area contributed by atoms with Crippen LogP contribution in [0.25, 0.3) is 5.69 Å². The van der Waals surface area contributed by atoms with Crippen molar-refractivity contribution >= 4 is 6.03 Å². The third kappa shape index (κ3) is 5.41. The SMILES string of the molecule is CC(O)CC(C)CNC(=O)NCc1ccccc1-n1ccnc1. The summed E-state index contributed by atoms with van der Waals surface area (Å²) in [5.74, 6) is 0.235. The maximum Gasteiger partial charge on any atom is 0.315 e. The van der Waals surface area contributed by atoms with Crippen molar-refractivity contribution in [2.24, 2.45) is 5.92 Å². The summed E-state index contributed by atoms with van der Waals surface area (Å²) in [6.07, 6.45) is 5.65. The number of carbonyl (C=O) groups excluding carboxylic acids is 1. The molecule has 3 N–H and O–H groups in total. The fourth-order valence-corrected chi connectivity index (χ4v) is 2.48. The van der Waals surface area contributed by atoms with Crippen LogP contribution in [0.3, 0.4) is 0 Å². The van der Waals surface area contributed by atoms with Gasteiger partial charge in [0.05, 0.1) is 18.1 Å². The van der Waals surface area contributed by atoms with Crippen LogP contribution in [0.15, 0.2) is 43.0 Å². The summed E-state index contributed by atoms with van der Waals surface area (Å²) >= 11 is 0. The maximum atomic E-state index is 11.9. The molecule has 2 rings (SSSR count). The molecule has 2 atom stereocenters. The standard InChI is InChI=1S/C17H24N4O2/c1-13(9-14(2)22)10-19-17(23)20-11-15-5-3-4-6-16(15)21-8-7-18-12-21/h3-8,12-14,22H,9-11H2,1-2H3,(H2,19,20,23). The third-order valence-electron chi connectivity index (χ3n) is 3.57. The highest BCUT2D eigenvalue weighted by Gasteiger charge is 2.09. The molecule has 0 aliphatic rings. The van der Waals surface area contributed by atoms with E-state index in [4.69, 9.17) is 0 Å². The molecule has 6 heteroatoms. The summed E-state index contributed by atoms with van der Waals surface area (Å²) in [5.41, 5.74) is 2.01. The number of urea groups is 1. The lowest BCUT2D eigenvalue weighted by atomic mass is 10.1. The van der Waals surface area contributed by atoms with Gasteiger partial charge in [0, 0.05) is 25.5 Å². The molecule has 0 saturated carbocycles. The van der Waals surface area contributed by atoms with Gasteiger partial charge in [0.1, 0.15) is 0 Å². The molecule has 0 radical (unpaired) electrons. The Bertz CT molecular complexity index is 611. The monoisotopic (exact) mass is 316 g/mol. The molecular formula is C17H24N4O2. The molecule has 1 aromatic carbocycles. The molecule has 0 bridgehead atoms. The van der Waals surface area contributed by atoms with Gasteiger partial charge in [-0.2, -0.15) is 0 Å². The number of aromatic nitrogens is 2. The minimum absolute atomic E-state index is 0.206. The predicted molar refractivity (Wildman–Crippen MR) is 89.3 cm³/mol. The Balaban J connectivity index is 1.85.